The molecule has 2 heterocycles. The molecule has 0 spiro atoms. The maximum absolute atomic E-state index is 12.9. The van der Waals surface area contributed by atoms with Gasteiger partial charge in [0.25, 0.3) is 5.91 Å². The molecule has 0 aliphatic rings. The second-order valence-electron chi connectivity index (χ2n) is 6.09. The smallest absolute Gasteiger partial charge is 0.395 e. The number of thiazole rings is 1. The molecule has 27 heavy (non-hydrogen) atoms. The Bertz CT molecular complexity index is 984. The van der Waals surface area contributed by atoms with Crippen LogP contribution >= 0.6 is 22.9 Å². The molecule has 0 unspecified atom stereocenters. The highest BCUT2D eigenvalue weighted by atomic mass is 35.5. The molecular weight excluding hydrogens is 392 g/mol. The maximum atomic E-state index is 12.9. The zero-order chi connectivity index (χ0) is 19.6. The molecule has 0 saturated heterocycles. The number of carbonyl (C=O) groups excluding carboxylic acids is 1. The molecular formula is C17H17ClN4O4S. The normalized spacial score (nSPS) is 11.3. The number of amides is 1. The Hall–Kier alpha value is -2.49. The highest BCUT2D eigenvalue weighted by Crippen LogP contribution is 2.33. The highest BCUT2D eigenvalue weighted by molar-refractivity contribution is 7.22. The first kappa shape index (κ1) is 19.3. The van der Waals surface area contributed by atoms with Crippen LogP contribution in [0.3, 0.4) is 0 Å². The quantitative estimate of drug-likeness (QED) is 0.432. The van der Waals surface area contributed by atoms with E-state index in [2.05, 4.69) is 4.98 Å². The molecule has 0 fully saturated rings. The maximum Gasteiger partial charge on any atom is 0.433 e. The van der Waals surface area contributed by atoms with Crippen molar-refractivity contribution in [2.24, 2.45) is 0 Å². The molecule has 0 atom stereocenters. The van der Waals surface area contributed by atoms with Gasteiger partial charge in [-0.2, -0.15) is 0 Å². The fraction of sp³-hybridized carbons (Fsp3) is 0.294. The lowest BCUT2D eigenvalue weighted by molar-refractivity contribution is -0.402. The lowest BCUT2D eigenvalue weighted by Gasteiger charge is -2.19. The van der Waals surface area contributed by atoms with Gasteiger partial charge in [0.1, 0.15) is 10.4 Å². The topological polar surface area (TPSA) is 92.7 Å². The first-order valence-corrected chi connectivity index (χ1v) is 9.32. The van der Waals surface area contributed by atoms with Crippen molar-refractivity contribution in [3.05, 3.63) is 51.2 Å². The Kier molecular flexibility index (Phi) is 5.73. The Morgan fingerprint density at radius 1 is 1.30 bits per heavy atom. The van der Waals surface area contributed by atoms with Gasteiger partial charge in [-0.05, 0) is 45.3 Å². The zero-order valence-corrected chi connectivity index (χ0v) is 16.3. The van der Waals surface area contributed by atoms with Gasteiger partial charge in [-0.25, -0.2) is 4.98 Å². The van der Waals surface area contributed by atoms with Crippen LogP contribution in [0.2, 0.25) is 5.02 Å². The molecule has 0 saturated carbocycles. The van der Waals surface area contributed by atoms with E-state index in [0.29, 0.717) is 28.6 Å². The first-order valence-electron chi connectivity index (χ1n) is 8.12. The second-order valence-corrected chi connectivity index (χ2v) is 7.51. The van der Waals surface area contributed by atoms with Crippen LogP contribution in [-0.2, 0) is 0 Å². The summed E-state index contributed by atoms with van der Waals surface area (Å²) >= 11 is 7.53. The van der Waals surface area contributed by atoms with E-state index >= 15 is 0 Å². The monoisotopic (exact) mass is 408 g/mol. The fourth-order valence-electron chi connectivity index (χ4n) is 2.52. The first-order chi connectivity index (χ1) is 12.9. The van der Waals surface area contributed by atoms with Crippen LogP contribution in [0.1, 0.15) is 17.0 Å². The number of fused-ring (bicyclic) bond motifs is 1. The molecule has 2 aromatic heterocycles. The van der Waals surface area contributed by atoms with Crippen molar-refractivity contribution in [1.29, 1.82) is 0 Å². The predicted molar refractivity (Wildman–Crippen MR) is 105 cm³/mol. The third-order valence-corrected chi connectivity index (χ3v) is 5.15. The van der Waals surface area contributed by atoms with E-state index in [1.54, 1.807) is 6.07 Å². The largest absolute Gasteiger partial charge is 0.433 e. The molecule has 0 N–H and O–H groups in total. The number of para-hydroxylation sites is 1. The molecule has 3 rings (SSSR count). The summed E-state index contributed by atoms with van der Waals surface area (Å²) in [4.78, 5) is 31.1. The van der Waals surface area contributed by atoms with E-state index in [0.717, 1.165) is 11.2 Å². The average Bonchev–Trinajstić information content (AvgIpc) is 3.25. The molecule has 142 valence electrons. The van der Waals surface area contributed by atoms with Gasteiger partial charge in [0.2, 0.25) is 0 Å². The number of benzene rings is 1. The molecule has 0 radical (unpaired) electrons. The van der Waals surface area contributed by atoms with Crippen molar-refractivity contribution < 1.29 is 14.1 Å². The average molecular weight is 409 g/mol. The minimum Gasteiger partial charge on any atom is -0.395 e. The third kappa shape index (κ3) is 4.26. The predicted octanol–water partition coefficient (Wildman–Crippen LogP) is 4.05. The Morgan fingerprint density at radius 2 is 2.07 bits per heavy atom. The van der Waals surface area contributed by atoms with Crippen molar-refractivity contribution in [1.82, 2.24) is 9.88 Å². The fourth-order valence-corrected chi connectivity index (χ4v) is 3.81. The van der Waals surface area contributed by atoms with Crippen molar-refractivity contribution in [2.75, 3.05) is 32.1 Å². The minimum absolute atomic E-state index is 0.100. The van der Waals surface area contributed by atoms with Crippen molar-refractivity contribution in [3.63, 3.8) is 0 Å². The van der Waals surface area contributed by atoms with E-state index in [-0.39, 0.29) is 5.76 Å². The van der Waals surface area contributed by atoms with Crippen LogP contribution in [0, 0.1) is 10.1 Å². The summed E-state index contributed by atoms with van der Waals surface area (Å²) in [5.74, 6) is -1.05. The summed E-state index contributed by atoms with van der Waals surface area (Å²) in [6.07, 6.45) is 0.700. The summed E-state index contributed by atoms with van der Waals surface area (Å²) in [6.45, 7) is 1.16. The van der Waals surface area contributed by atoms with Gasteiger partial charge in [-0.3, -0.25) is 19.8 Å². The van der Waals surface area contributed by atoms with Gasteiger partial charge >= 0.3 is 5.88 Å². The van der Waals surface area contributed by atoms with Gasteiger partial charge in [0.15, 0.2) is 10.9 Å². The van der Waals surface area contributed by atoms with Gasteiger partial charge in [-0.1, -0.05) is 29.0 Å². The number of hydrogen-bond donors (Lipinski definition) is 0. The van der Waals surface area contributed by atoms with Crippen LogP contribution in [-0.4, -0.2) is 47.9 Å². The SMILES string of the molecule is CN(C)CCCN(C(=O)c1ccc([N+](=O)[O-])o1)c1nc2c(Cl)cccc2s1. The number of aromatic nitrogens is 1. The summed E-state index contributed by atoms with van der Waals surface area (Å²) in [5.41, 5.74) is 0.620. The molecule has 3 aromatic rings. The third-order valence-electron chi connectivity index (χ3n) is 3.80. The van der Waals surface area contributed by atoms with E-state index in [9.17, 15) is 14.9 Å². The van der Waals surface area contributed by atoms with Crippen LogP contribution in [0.4, 0.5) is 11.0 Å². The molecule has 0 aliphatic heterocycles. The van der Waals surface area contributed by atoms with E-state index < -0.39 is 16.7 Å². The van der Waals surface area contributed by atoms with Crippen molar-refractivity contribution >= 4 is 50.1 Å². The molecule has 0 aliphatic carbocycles. The van der Waals surface area contributed by atoms with E-state index in [1.165, 1.54) is 28.4 Å². The minimum atomic E-state index is -0.676. The van der Waals surface area contributed by atoms with Crippen LogP contribution in [0.5, 0.6) is 0 Å². The standard InChI is InChI=1S/C17H17ClN4O4S/c1-20(2)9-4-10-21(16(23)12-7-8-14(26-12)22(24)25)17-19-15-11(18)5-3-6-13(15)27-17/h3,5-8H,4,9-10H2,1-2H3. The van der Waals surface area contributed by atoms with E-state index in [1.807, 2.05) is 31.1 Å². The molecule has 1 aromatic carbocycles. The molecule has 10 heteroatoms. The van der Waals surface area contributed by atoms with Crippen LogP contribution in [0.25, 0.3) is 10.2 Å². The van der Waals surface area contributed by atoms with Gasteiger partial charge in [-0.15, -0.1) is 0 Å². The number of furan rings is 1. The van der Waals surface area contributed by atoms with Gasteiger partial charge in [0.05, 0.1) is 15.8 Å². The van der Waals surface area contributed by atoms with Crippen LogP contribution in [0.15, 0.2) is 34.7 Å². The lowest BCUT2D eigenvalue weighted by atomic mass is 10.3. The van der Waals surface area contributed by atoms with Gasteiger partial charge in [0, 0.05) is 6.54 Å². The number of rotatable bonds is 7. The molecule has 8 nitrogen and oxygen atoms in total. The Morgan fingerprint density at radius 3 is 2.70 bits per heavy atom. The second kappa shape index (κ2) is 8.03. The Labute approximate surface area is 164 Å². The summed E-state index contributed by atoms with van der Waals surface area (Å²) < 4.78 is 5.94. The van der Waals surface area contributed by atoms with E-state index in [4.69, 9.17) is 16.0 Å². The van der Waals surface area contributed by atoms with Crippen molar-refractivity contribution in [3.8, 4) is 0 Å². The number of nitro groups is 1. The highest BCUT2D eigenvalue weighted by Gasteiger charge is 2.26. The number of carbonyl (C=O) groups is 1. The number of nitrogens with zero attached hydrogens (tertiary/aromatic N) is 4. The summed E-state index contributed by atoms with van der Waals surface area (Å²) in [5, 5.41) is 11.8. The molecule has 0 bridgehead atoms. The summed E-state index contributed by atoms with van der Waals surface area (Å²) in [7, 11) is 3.89. The number of hydrogen-bond acceptors (Lipinski definition) is 7. The number of halogens is 1. The lowest BCUT2D eigenvalue weighted by Crippen LogP contribution is -2.33. The van der Waals surface area contributed by atoms with Crippen molar-refractivity contribution in [2.45, 2.75) is 6.42 Å². The molecule has 1 amide bonds. The van der Waals surface area contributed by atoms with Crippen LogP contribution < -0.4 is 4.90 Å². The van der Waals surface area contributed by atoms with Gasteiger partial charge < -0.3 is 9.32 Å². The summed E-state index contributed by atoms with van der Waals surface area (Å²) in [6, 6.07) is 7.91. The number of anilines is 1. The zero-order valence-electron chi connectivity index (χ0n) is 14.7. The Balaban J connectivity index is 1.94.